The number of nitrogens with zero attached hydrogens (tertiary/aromatic N) is 4. The molecule has 52 heavy (non-hydrogen) atoms. The van der Waals surface area contributed by atoms with Crippen LogP contribution in [0.3, 0.4) is 0 Å². The van der Waals surface area contributed by atoms with Crippen LogP contribution in [0, 0.1) is 17.0 Å². The summed E-state index contributed by atoms with van der Waals surface area (Å²) in [6.07, 6.45) is 6.99. The van der Waals surface area contributed by atoms with E-state index in [0.717, 1.165) is 50.9 Å². The quantitative estimate of drug-likeness (QED) is 0.0796. The van der Waals surface area contributed by atoms with E-state index >= 15 is 0 Å². The summed E-state index contributed by atoms with van der Waals surface area (Å²) in [6, 6.07) is 17.6. The van der Waals surface area contributed by atoms with Gasteiger partial charge in [-0.25, -0.2) is 14.6 Å². The smallest absolute Gasteiger partial charge is 0.416 e. The number of carbonyl (C=O) groups excluding carboxylic acids is 2. The number of piperidine rings is 3. The Labute approximate surface area is 312 Å². The second kappa shape index (κ2) is 16.0. The number of hydrogen-bond acceptors (Lipinski definition) is 9. The topological polar surface area (TPSA) is 117 Å². The molecule has 0 N–H and O–H groups in total. The number of esters is 1. The highest BCUT2D eigenvalue weighted by Gasteiger charge is 2.37. The van der Waals surface area contributed by atoms with E-state index in [1.807, 2.05) is 6.07 Å². The maximum atomic E-state index is 13.7. The van der Waals surface area contributed by atoms with Gasteiger partial charge in [0, 0.05) is 24.7 Å². The first kappa shape index (κ1) is 35.8. The molecule has 13 heteroatoms. The molecule has 1 saturated carbocycles. The second-order valence-corrected chi connectivity index (χ2v) is 14.4. The Morgan fingerprint density at radius 3 is 2.38 bits per heavy atom. The lowest BCUT2D eigenvalue weighted by molar-refractivity contribution is -0.605. The van der Waals surface area contributed by atoms with Crippen molar-refractivity contribution < 1.29 is 33.3 Å². The average Bonchev–Trinajstić information content (AvgIpc) is 3.99. The van der Waals surface area contributed by atoms with E-state index in [1.54, 1.807) is 67.9 Å². The summed E-state index contributed by atoms with van der Waals surface area (Å²) in [5, 5.41) is 12.3. The molecule has 11 nitrogen and oxygen atoms in total. The van der Waals surface area contributed by atoms with Crippen molar-refractivity contribution in [3.05, 3.63) is 117 Å². The molecular formula is C39H40Cl2N4O7. The van der Waals surface area contributed by atoms with Crippen LogP contribution in [-0.4, -0.2) is 61.4 Å². The number of aromatic nitrogens is 2. The number of fused-ring (bicyclic) bond motifs is 3. The van der Waals surface area contributed by atoms with Crippen LogP contribution < -0.4 is 19.1 Å². The lowest BCUT2D eigenvalue weighted by Crippen LogP contribution is -2.53. The molecule has 2 aromatic carbocycles. The van der Waals surface area contributed by atoms with Crippen molar-refractivity contribution in [1.82, 2.24) is 9.88 Å². The molecule has 1 aliphatic carbocycles. The fourth-order valence-electron chi connectivity index (χ4n) is 6.75. The highest BCUT2D eigenvalue weighted by molar-refractivity contribution is 6.35. The number of rotatable bonds is 13. The summed E-state index contributed by atoms with van der Waals surface area (Å²) in [5.41, 5.74) is 2.16. The van der Waals surface area contributed by atoms with E-state index in [4.69, 9.17) is 42.1 Å². The third kappa shape index (κ3) is 8.54. The fraction of sp³-hybridized carbons (Fsp3) is 0.385. The zero-order chi connectivity index (χ0) is 36.2. The number of methoxy groups -OCH3 is 1. The first-order valence-electron chi connectivity index (χ1n) is 17.5. The highest BCUT2D eigenvalue weighted by Crippen LogP contribution is 2.37. The number of ether oxygens (including phenoxy) is 4. The van der Waals surface area contributed by atoms with Crippen LogP contribution in [0.4, 0.5) is 10.6 Å². The maximum Gasteiger partial charge on any atom is 0.416 e. The summed E-state index contributed by atoms with van der Waals surface area (Å²) >= 11 is 12.9. The molecule has 2 bridgehead atoms. The lowest BCUT2D eigenvalue weighted by atomic mass is 9.86. The zero-order valence-corrected chi connectivity index (χ0v) is 30.3. The Morgan fingerprint density at radius 1 is 1.00 bits per heavy atom. The molecule has 5 heterocycles. The first-order chi connectivity index (χ1) is 25.2. The molecule has 4 aromatic rings. The number of carbonyl (C=O) groups is 2. The molecule has 8 rings (SSSR count). The Kier molecular flexibility index (Phi) is 11.0. The summed E-state index contributed by atoms with van der Waals surface area (Å²) in [5.74, 6) is 1.85. The van der Waals surface area contributed by atoms with Gasteiger partial charge in [-0.05, 0) is 98.1 Å². The van der Waals surface area contributed by atoms with Gasteiger partial charge < -0.3 is 24.2 Å². The number of hydrogen-bond donors (Lipinski definition) is 0. The van der Waals surface area contributed by atoms with Gasteiger partial charge in [-0.1, -0.05) is 47.5 Å². The molecule has 0 radical (unpaired) electrons. The SMILES string of the molecule is COc1ccc([C@@H](Cc2c(Cl)c[n+]([O-])cc2Cl)OC(=O)c2ccc(CN(C(=O)O[C@H]3CN4CCC3CC4)c3ccccn3)cc2)cc1OCC1CC1. The molecular weight excluding hydrogens is 707 g/mol. The highest BCUT2D eigenvalue weighted by atomic mass is 35.5. The average molecular weight is 748 g/mol. The van der Waals surface area contributed by atoms with Gasteiger partial charge in [0.15, 0.2) is 23.9 Å². The lowest BCUT2D eigenvalue weighted by Gasteiger charge is -2.44. The minimum Gasteiger partial charge on any atom is -0.619 e. The summed E-state index contributed by atoms with van der Waals surface area (Å²) in [4.78, 5) is 35.6. The summed E-state index contributed by atoms with van der Waals surface area (Å²) in [6.45, 7) is 3.59. The van der Waals surface area contributed by atoms with Gasteiger partial charge in [0.05, 0.1) is 25.8 Å². The first-order valence-corrected chi connectivity index (χ1v) is 18.3. The predicted octanol–water partition coefficient (Wildman–Crippen LogP) is 7.20. The van der Waals surface area contributed by atoms with Crippen LogP contribution in [0.5, 0.6) is 11.5 Å². The molecule has 0 spiro atoms. The van der Waals surface area contributed by atoms with Crippen molar-refractivity contribution >= 4 is 41.1 Å². The number of pyridine rings is 2. The van der Waals surface area contributed by atoms with Crippen LogP contribution in [-0.2, 0) is 22.4 Å². The molecule has 2 atom stereocenters. The molecule has 1 amide bonds. The minimum absolute atomic E-state index is 0.0947. The van der Waals surface area contributed by atoms with Gasteiger partial charge in [0.25, 0.3) is 0 Å². The van der Waals surface area contributed by atoms with Crippen molar-refractivity contribution in [2.45, 2.75) is 50.9 Å². The van der Waals surface area contributed by atoms with Crippen molar-refractivity contribution in [2.75, 3.05) is 38.3 Å². The van der Waals surface area contributed by atoms with Gasteiger partial charge in [0.1, 0.15) is 28.1 Å². The monoisotopic (exact) mass is 746 g/mol. The third-order valence-electron chi connectivity index (χ3n) is 9.95. The van der Waals surface area contributed by atoms with E-state index < -0.39 is 18.2 Å². The van der Waals surface area contributed by atoms with Crippen molar-refractivity contribution in [3.8, 4) is 11.5 Å². The van der Waals surface area contributed by atoms with Crippen molar-refractivity contribution in [2.24, 2.45) is 11.8 Å². The molecule has 4 aliphatic rings. The summed E-state index contributed by atoms with van der Waals surface area (Å²) < 4.78 is 24.3. The Morgan fingerprint density at radius 2 is 1.75 bits per heavy atom. The predicted molar refractivity (Wildman–Crippen MR) is 195 cm³/mol. The largest absolute Gasteiger partial charge is 0.619 e. The second-order valence-electron chi connectivity index (χ2n) is 13.6. The molecule has 0 unspecified atom stereocenters. The van der Waals surface area contributed by atoms with E-state index in [9.17, 15) is 14.8 Å². The number of halogens is 2. The molecule has 3 aliphatic heterocycles. The van der Waals surface area contributed by atoms with E-state index in [2.05, 4.69) is 9.88 Å². The standard InChI is InChI=1S/C39H40Cl2N4O7/c1-49-33-12-11-29(18-35(33)50-24-26-5-6-26)34(19-30-31(40)21-44(48)22-32(30)41)51-38(46)28-9-7-25(8-10-28)20-45(37-4-2-3-15-42-37)39(47)52-36-23-43-16-13-27(36)14-17-43/h2-4,7-12,15,18,21-22,26-27,34,36H,5-6,13-14,16-17,19-20,23-24H2,1H3/t34-,36+/m1/s1. The van der Waals surface area contributed by atoms with Gasteiger partial charge in [-0.2, -0.15) is 4.73 Å². The molecule has 2 aromatic heterocycles. The van der Waals surface area contributed by atoms with Gasteiger partial charge in [0.2, 0.25) is 0 Å². The van der Waals surface area contributed by atoms with Crippen LogP contribution in [0.1, 0.15) is 58.8 Å². The minimum atomic E-state index is -0.848. The van der Waals surface area contributed by atoms with Gasteiger partial charge >= 0.3 is 12.1 Å². The van der Waals surface area contributed by atoms with Gasteiger partial charge in [-0.3, -0.25) is 9.80 Å². The number of anilines is 1. The number of amides is 1. The fourth-order valence-corrected chi connectivity index (χ4v) is 7.35. The van der Waals surface area contributed by atoms with E-state index in [0.29, 0.717) is 57.2 Å². The maximum absolute atomic E-state index is 13.7. The van der Waals surface area contributed by atoms with E-state index in [1.165, 1.54) is 17.3 Å². The number of benzene rings is 2. The Balaban J connectivity index is 1.09. The Hall–Kier alpha value is -4.58. The Bertz CT molecular complexity index is 1860. The molecule has 3 saturated heterocycles. The van der Waals surface area contributed by atoms with Crippen LogP contribution >= 0.6 is 23.2 Å². The van der Waals surface area contributed by atoms with Crippen molar-refractivity contribution in [3.63, 3.8) is 0 Å². The third-order valence-corrected chi connectivity index (χ3v) is 10.6. The van der Waals surface area contributed by atoms with Gasteiger partial charge in [-0.15, -0.1) is 0 Å². The van der Waals surface area contributed by atoms with Crippen LogP contribution in [0.15, 0.2) is 79.3 Å². The van der Waals surface area contributed by atoms with Crippen LogP contribution in [0.2, 0.25) is 10.0 Å². The van der Waals surface area contributed by atoms with Crippen molar-refractivity contribution in [1.29, 1.82) is 0 Å². The van der Waals surface area contributed by atoms with E-state index in [-0.39, 0.29) is 29.1 Å². The van der Waals surface area contributed by atoms with Crippen LogP contribution in [0.25, 0.3) is 0 Å². The molecule has 4 fully saturated rings. The zero-order valence-electron chi connectivity index (χ0n) is 28.8. The summed E-state index contributed by atoms with van der Waals surface area (Å²) in [7, 11) is 1.57. The normalized spacial score (nSPS) is 19.8. The molecule has 272 valence electrons.